The standard InChI is InChI=1S/C17H22ClN3O3/c1-23-17(24-2)6-5-12(19)11(8-17)14-10-7-9(18)3-4-13(10)21-15(14)16(20)22/h3-4,7,11-12,21H,5-6,8,19H2,1-2H3,(H2,20,22)/t11-,12-/m0/s1. The van der Waals surface area contributed by atoms with Crippen molar-refractivity contribution in [1.82, 2.24) is 4.98 Å². The van der Waals surface area contributed by atoms with Crippen molar-refractivity contribution in [3.63, 3.8) is 0 Å². The Morgan fingerprint density at radius 2 is 2.08 bits per heavy atom. The third-order valence-electron chi connectivity index (χ3n) is 5.07. The van der Waals surface area contributed by atoms with Crippen molar-refractivity contribution >= 4 is 28.4 Å². The molecule has 0 saturated heterocycles. The number of nitrogens with two attached hydrogens (primary N) is 2. The monoisotopic (exact) mass is 351 g/mol. The Balaban J connectivity index is 2.17. The Morgan fingerprint density at radius 1 is 1.38 bits per heavy atom. The molecule has 1 aliphatic rings. The first kappa shape index (κ1) is 17.2. The third-order valence-corrected chi connectivity index (χ3v) is 5.30. The van der Waals surface area contributed by atoms with E-state index >= 15 is 0 Å². The Bertz CT molecular complexity index is 770. The highest BCUT2D eigenvalue weighted by molar-refractivity contribution is 6.31. The summed E-state index contributed by atoms with van der Waals surface area (Å²) in [5.41, 5.74) is 14.0. The summed E-state index contributed by atoms with van der Waals surface area (Å²) in [6.45, 7) is 0. The van der Waals surface area contributed by atoms with Crippen LogP contribution in [0.25, 0.3) is 10.9 Å². The maximum Gasteiger partial charge on any atom is 0.265 e. The van der Waals surface area contributed by atoms with Gasteiger partial charge in [-0.05, 0) is 30.2 Å². The summed E-state index contributed by atoms with van der Waals surface area (Å²) in [7, 11) is 3.25. The van der Waals surface area contributed by atoms with Gasteiger partial charge in [-0.1, -0.05) is 11.6 Å². The quantitative estimate of drug-likeness (QED) is 0.736. The molecule has 0 spiro atoms. The summed E-state index contributed by atoms with van der Waals surface area (Å²) < 4.78 is 11.2. The summed E-state index contributed by atoms with van der Waals surface area (Å²) in [5.74, 6) is -1.36. The zero-order chi connectivity index (χ0) is 17.5. The fourth-order valence-corrected chi connectivity index (χ4v) is 3.88. The fraction of sp³-hybridized carbons (Fsp3) is 0.471. The van der Waals surface area contributed by atoms with Crippen LogP contribution < -0.4 is 11.5 Å². The van der Waals surface area contributed by atoms with Gasteiger partial charge in [0.1, 0.15) is 5.69 Å². The molecule has 1 fully saturated rings. The van der Waals surface area contributed by atoms with Crippen LogP contribution in [0.4, 0.5) is 0 Å². The molecule has 2 atom stereocenters. The summed E-state index contributed by atoms with van der Waals surface area (Å²) in [6, 6.07) is 5.31. The van der Waals surface area contributed by atoms with Crippen LogP contribution in [0.1, 0.15) is 41.2 Å². The number of amides is 1. The average Bonchev–Trinajstić information content (AvgIpc) is 2.94. The van der Waals surface area contributed by atoms with Crippen LogP contribution in [0.3, 0.4) is 0 Å². The van der Waals surface area contributed by atoms with E-state index in [0.29, 0.717) is 23.6 Å². The molecule has 1 heterocycles. The molecular formula is C17H22ClN3O3. The number of benzene rings is 1. The molecule has 130 valence electrons. The van der Waals surface area contributed by atoms with E-state index in [0.717, 1.165) is 22.9 Å². The third kappa shape index (κ3) is 2.80. The van der Waals surface area contributed by atoms with Gasteiger partial charge in [0.15, 0.2) is 5.79 Å². The number of nitrogens with one attached hydrogen (secondary N) is 1. The topological polar surface area (TPSA) is 103 Å². The van der Waals surface area contributed by atoms with Crippen LogP contribution in [-0.4, -0.2) is 36.9 Å². The highest BCUT2D eigenvalue weighted by atomic mass is 35.5. The van der Waals surface area contributed by atoms with Gasteiger partial charge >= 0.3 is 0 Å². The lowest BCUT2D eigenvalue weighted by Crippen LogP contribution is -2.46. The second-order valence-corrected chi connectivity index (χ2v) is 6.74. The van der Waals surface area contributed by atoms with Crippen molar-refractivity contribution in [1.29, 1.82) is 0 Å². The lowest BCUT2D eigenvalue weighted by atomic mass is 9.76. The van der Waals surface area contributed by atoms with Crippen LogP contribution >= 0.6 is 11.6 Å². The summed E-state index contributed by atoms with van der Waals surface area (Å²) in [6.07, 6.45) is 1.96. The zero-order valence-corrected chi connectivity index (χ0v) is 14.5. The predicted octanol–water partition coefficient (Wildman–Crippen LogP) is 2.50. The molecule has 7 heteroatoms. The van der Waals surface area contributed by atoms with Gasteiger partial charge in [0.05, 0.1) is 0 Å². The molecule has 0 radical (unpaired) electrons. The summed E-state index contributed by atoms with van der Waals surface area (Å²) >= 11 is 6.15. The first-order valence-electron chi connectivity index (χ1n) is 7.87. The molecule has 0 unspecified atom stereocenters. The van der Waals surface area contributed by atoms with Crippen molar-refractivity contribution < 1.29 is 14.3 Å². The smallest absolute Gasteiger partial charge is 0.265 e. The van der Waals surface area contributed by atoms with E-state index < -0.39 is 11.7 Å². The van der Waals surface area contributed by atoms with E-state index in [-0.39, 0.29) is 12.0 Å². The summed E-state index contributed by atoms with van der Waals surface area (Å²) in [5, 5.41) is 1.45. The first-order chi connectivity index (χ1) is 11.4. The number of methoxy groups -OCH3 is 2. The number of hydrogen-bond donors (Lipinski definition) is 3. The Hall–Kier alpha value is -1.60. The Morgan fingerprint density at radius 3 is 2.71 bits per heavy atom. The number of carbonyl (C=O) groups is 1. The zero-order valence-electron chi connectivity index (χ0n) is 13.8. The maximum absolute atomic E-state index is 12.0. The van der Waals surface area contributed by atoms with Gasteiger partial charge in [-0.3, -0.25) is 4.79 Å². The van der Waals surface area contributed by atoms with Crippen LogP contribution in [0.15, 0.2) is 18.2 Å². The van der Waals surface area contributed by atoms with Crippen molar-refractivity contribution in [3.05, 3.63) is 34.5 Å². The number of aromatic amines is 1. The van der Waals surface area contributed by atoms with Gasteiger partial charge < -0.3 is 25.9 Å². The molecular weight excluding hydrogens is 330 g/mol. The molecule has 3 rings (SSSR count). The Labute approximate surface area is 145 Å². The Kier molecular flexibility index (Phi) is 4.57. The molecule has 1 aliphatic carbocycles. The van der Waals surface area contributed by atoms with E-state index in [4.69, 9.17) is 32.5 Å². The van der Waals surface area contributed by atoms with E-state index in [1.807, 2.05) is 12.1 Å². The number of carbonyl (C=O) groups excluding carboxylic acids is 1. The molecule has 1 amide bonds. The highest BCUT2D eigenvalue weighted by Gasteiger charge is 2.42. The van der Waals surface area contributed by atoms with Crippen molar-refractivity contribution in [3.8, 4) is 0 Å². The predicted molar refractivity (Wildman–Crippen MR) is 93.1 cm³/mol. The van der Waals surface area contributed by atoms with Crippen LogP contribution in [0.2, 0.25) is 5.02 Å². The molecule has 6 nitrogen and oxygen atoms in total. The largest absolute Gasteiger partial charge is 0.364 e. The van der Waals surface area contributed by atoms with Crippen molar-refractivity contribution in [2.75, 3.05) is 14.2 Å². The van der Waals surface area contributed by atoms with E-state index in [2.05, 4.69) is 4.98 Å². The minimum atomic E-state index is -0.711. The molecule has 5 N–H and O–H groups in total. The number of fused-ring (bicyclic) bond motifs is 1. The molecule has 1 aromatic heterocycles. The molecule has 0 bridgehead atoms. The fourth-order valence-electron chi connectivity index (χ4n) is 3.71. The van der Waals surface area contributed by atoms with Crippen LogP contribution in [-0.2, 0) is 9.47 Å². The van der Waals surface area contributed by atoms with E-state index in [9.17, 15) is 4.79 Å². The average molecular weight is 352 g/mol. The minimum absolute atomic E-state index is 0.125. The van der Waals surface area contributed by atoms with Gasteiger partial charge in [-0.2, -0.15) is 0 Å². The normalized spacial score (nSPS) is 23.5. The number of halogens is 1. The van der Waals surface area contributed by atoms with Crippen molar-refractivity contribution in [2.45, 2.75) is 37.0 Å². The molecule has 0 aliphatic heterocycles. The first-order valence-corrected chi connectivity index (χ1v) is 8.25. The lowest BCUT2D eigenvalue weighted by Gasteiger charge is -2.41. The van der Waals surface area contributed by atoms with Gasteiger partial charge in [-0.15, -0.1) is 0 Å². The molecule has 24 heavy (non-hydrogen) atoms. The second kappa shape index (κ2) is 6.37. The molecule has 1 saturated carbocycles. The summed E-state index contributed by atoms with van der Waals surface area (Å²) in [4.78, 5) is 15.1. The number of rotatable bonds is 4. The van der Waals surface area contributed by atoms with E-state index in [1.165, 1.54) is 0 Å². The lowest BCUT2D eigenvalue weighted by molar-refractivity contribution is -0.227. The van der Waals surface area contributed by atoms with Crippen LogP contribution in [0, 0.1) is 0 Å². The van der Waals surface area contributed by atoms with Gasteiger partial charge in [-0.25, -0.2) is 0 Å². The van der Waals surface area contributed by atoms with Gasteiger partial charge in [0, 0.05) is 54.9 Å². The SMILES string of the molecule is COC1(OC)CC[C@H](N)[C@@H](c2c(C(N)=O)[nH]c3ccc(Cl)cc23)C1. The van der Waals surface area contributed by atoms with Crippen molar-refractivity contribution in [2.24, 2.45) is 11.5 Å². The van der Waals surface area contributed by atoms with E-state index in [1.54, 1.807) is 20.3 Å². The molecule has 2 aromatic rings. The highest BCUT2D eigenvalue weighted by Crippen LogP contribution is 2.44. The number of aromatic nitrogens is 1. The minimum Gasteiger partial charge on any atom is -0.364 e. The number of hydrogen-bond acceptors (Lipinski definition) is 4. The maximum atomic E-state index is 12.0. The second-order valence-electron chi connectivity index (χ2n) is 6.30. The molecule has 1 aromatic carbocycles. The number of primary amides is 1. The van der Waals surface area contributed by atoms with Gasteiger partial charge in [0.2, 0.25) is 0 Å². The van der Waals surface area contributed by atoms with Crippen LogP contribution in [0.5, 0.6) is 0 Å². The number of ether oxygens (including phenoxy) is 2. The number of H-pyrrole nitrogens is 1. The van der Waals surface area contributed by atoms with Gasteiger partial charge in [0.25, 0.3) is 5.91 Å².